The number of esters is 1. The topological polar surface area (TPSA) is 72.5 Å². The quantitative estimate of drug-likeness (QED) is 0.613. The predicted molar refractivity (Wildman–Crippen MR) is 88.4 cm³/mol. The molecule has 126 valence electrons. The Hall–Kier alpha value is -1.69. The van der Waals surface area contributed by atoms with Crippen molar-refractivity contribution < 1.29 is 19.1 Å². The standard InChI is InChI=1S/C17H23NO4S/c1-12-5-2-3-6-13(12)18-16(20)11-22-17(21)9-8-14(19)15-7-4-10-23-15/h4,7,10,12-13H,2-3,5-6,8-9,11H2,1H3,(H,18,20)/t12-,13-/m0/s1. The highest BCUT2D eigenvalue weighted by Crippen LogP contribution is 2.23. The van der Waals surface area contributed by atoms with Gasteiger partial charge < -0.3 is 10.1 Å². The first-order valence-electron chi connectivity index (χ1n) is 8.08. The normalized spacial score (nSPS) is 20.7. The zero-order valence-electron chi connectivity index (χ0n) is 13.4. The van der Waals surface area contributed by atoms with E-state index in [1.807, 2.05) is 5.38 Å². The van der Waals surface area contributed by atoms with E-state index >= 15 is 0 Å². The van der Waals surface area contributed by atoms with Crippen molar-refractivity contribution in [1.29, 1.82) is 0 Å². The van der Waals surface area contributed by atoms with Crippen LogP contribution >= 0.6 is 11.3 Å². The summed E-state index contributed by atoms with van der Waals surface area (Å²) >= 11 is 1.35. The lowest BCUT2D eigenvalue weighted by atomic mass is 9.86. The average molecular weight is 337 g/mol. The number of ketones is 1. The number of nitrogens with one attached hydrogen (secondary N) is 1. The third-order valence-corrected chi connectivity index (χ3v) is 5.09. The molecule has 1 aliphatic rings. The van der Waals surface area contributed by atoms with Gasteiger partial charge in [0.15, 0.2) is 12.4 Å². The lowest BCUT2D eigenvalue weighted by Gasteiger charge is -2.29. The van der Waals surface area contributed by atoms with Crippen molar-refractivity contribution in [2.75, 3.05) is 6.61 Å². The number of ether oxygens (including phenoxy) is 1. The van der Waals surface area contributed by atoms with E-state index in [0.29, 0.717) is 10.8 Å². The lowest BCUT2D eigenvalue weighted by molar-refractivity contribution is -0.148. The fourth-order valence-corrected chi connectivity index (χ4v) is 3.47. The van der Waals surface area contributed by atoms with Gasteiger partial charge in [-0.05, 0) is 30.2 Å². The second-order valence-corrected chi connectivity index (χ2v) is 6.94. The molecule has 1 fully saturated rings. The first-order valence-corrected chi connectivity index (χ1v) is 8.96. The van der Waals surface area contributed by atoms with Crippen LogP contribution in [0.2, 0.25) is 0 Å². The molecule has 0 saturated heterocycles. The van der Waals surface area contributed by atoms with Crippen LogP contribution < -0.4 is 5.32 Å². The number of hydrogen-bond donors (Lipinski definition) is 1. The summed E-state index contributed by atoms with van der Waals surface area (Å²) in [7, 11) is 0. The van der Waals surface area contributed by atoms with Crippen molar-refractivity contribution >= 4 is 29.0 Å². The van der Waals surface area contributed by atoms with E-state index in [-0.39, 0.29) is 37.2 Å². The van der Waals surface area contributed by atoms with E-state index < -0.39 is 5.97 Å². The molecule has 1 aliphatic carbocycles. The summed E-state index contributed by atoms with van der Waals surface area (Å²) < 4.78 is 4.95. The van der Waals surface area contributed by atoms with Crippen LogP contribution in [0.15, 0.2) is 17.5 Å². The first kappa shape index (κ1) is 17.7. The molecule has 1 amide bonds. The summed E-state index contributed by atoms with van der Waals surface area (Å²) in [4.78, 5) is 35.9. The van der Waals surface area contributed by atoms with Gasteiger partial charge in [0.05, 0.1) is 11.3 Å². The van der Waals surface area contributed by atoms with Crippen molar-refractivity contribution in [2.24, 2.45) is 5.92 Å². The first-order chi connectivity index (χ1) is 11.1. The number of amides is 1. The monoisotopic (exact) mass is 337 g/mol. The van der Waals surface area contributed by atoms with Gasteiger partial charge in [0.1, 0.15) is 0 Å². The SMILES string of the molecule is C[C@H]1CCCC[C@@H]1NC(=O)COC(=O)CCC(=O)c1cccs1. The number of carbonyl (C=O) groups is 3. The summed E-state index contributed by atoms with van der Waals surface area (Å²) in [6.07, 6.45) is 4.55. The maximum Gasteiger partial charge on any atom is 0.306 e. The second kappa shape index (κ2) is 8.82. The van der Waals surface area contributed by atoms with Crippen LogP contribution in [0.3, 0.4) is 0 Å². The molecule has 1 aromatic rings. The Morgan fingerprint density at radius 3 is 2.74 bits per heavy atom. The molecule has 1 heterocycles. The number of thiophene rings is 1. The predicted octanol–water partition coefficient (Wildman–Crippen LogP) is 2.95. The highest BCUT2D eigenvalue weighted by molar-refractivity contribution is 7.12. The Morgan fingerprint density at radius 1 is 1.26 bits per heavy atom. The van der Waals surface area contributed by atoms with Gasteiger partial charge in [-0.15, -0.1) is 11.3 Å². The second-order valence-electron chi connectivity index (χ2n) is 6.00. The van der Waals surface area contributed by atoms with Crippen LogP contribution in [0.1, 0.15) is 55.1 Å². The number of carbonyl (C=O) groups excluding carboxylic acids is 3. The molecule has 0 aliphatic heterocycles. The van der Waals surface area contributed by atoms with Crippen LogP contribution in [-0.4, -0.2) is 30.3 Å². The molecule has 0 spiro atoms. The fourth-order valence-electron chi connectivity index (χ4n) is 2.77. The third kappa shape index (κ3) is 5.78. The Labute approximate surface area is 140 Å². The van der Waals surface area contributed by atoms with E-state index in [2.05, 4.69) is 12.2 Å². The zero-order valence-corrected chi connectivity index (χ0v) is 14.2. The van der Waals surface area contributed by atoms with Gasteiger partial charge in [-0.25, -0.2) is 0 Å². The van der Waals surface area contributed by atoms with Gasteiger partial charge in [-0.2, -0.15) is 0 Å². The van der Waals surface area contributed by atoms with Gasteiger partial charge >= 0.3 is 5.97 Å². The highest BCUT2D eigenvalue weighted by Gasteiger charge is 2.23. The highest BCUT2D eigenvalue weighted by atomic mass is 32.1. The van der Waals surface area contributed by atoms with Crippen LogP contribution in [0, 0.1) is 5.92 Å². The molecular weight excluding hydrogens is 314 g/mol. The van der Waals surface area contributed by atoms with Crippen LogP contribution in [0.5, 0.6) is 0 Å². The largest absolute Gasteiger partial charge is 0.456 e. The summed E-state index contributed by atoms with van der Waals surface area (Å²) in [5, 5.41) is 4.75. The molecule has 1 aromatic heterocycles. The molecule has 6 heteroatoms. The van der Waals surface area contributed by atoms with Crippen molar-refractivity contribution in [3.05, 3.63) is 22.4 Å². The molecule has 5 nitrogen and oxygen atoms in total. The van der Waals surface area contributed by atoms with Gasteiger partial charge in [0, 0.05) is 12.5 Å². The van der Waals surface area contributed by atoms with E-state index in [4.69, 9.17) is 4.74 Å². The van der Waals surface area contributed by atoms with Gasteiger partial charge in [0.2, 0.25) is 0 Å². The smallest absolute Gasteiger partial charge is 0.306 e. The molecule has 0 radical (unpaired) electrons. The summed E-state index contributed by atoms with van der Waals surface area (Å²) in [5.74, 6) is -0.382. The number of Topliss-reactive ketones (excluding diaryl/α,β-unsaturated/α-hetero) is 1. The third-order valence-electron chi connectivity index (χ3n) is 4.17. The van der Waals surface area contributed by atoms with E-state index in [1.54, 1.807) is 12.1 Å². The average Bonchev–Trinajstić information content (AvgIpc) is 3.07. The minimum atomic E-state index is -0.512. The molecule has 1 saturated carbocycles. The zero-order chi connectivity index (χ0) is 16.7. The van der Waals surface area contributed by atoms with Gasteiger partial charge in [-0.3, -0.25) is 14.4 Å². The molecule has 2 rings (SSSR count). The van der Waals surface area contributed by atoms with Crippen molar-refractivity contribution in [2.45, 2.75) is 51.5 Å². The number of rotatable bonds is 7. The number of hydrogen-bond acceptors (Lipinski definition) is 5. The fraction of sp³-hybridized carbons (Fsp3) is 0.588. The molecule has 2 atom stereocenters. The van der Waals surface area contributed by atoms with Gasteiger partial charge in [0.25, 0.3) is 5.91 Å². The Kier molecular flexibility index (Phi) is 6.77. The minimum Gasteiger partial charge on any atom is -0.456 e. The molecule has 0 unspecified atom stereocenters. The van der Waals surface area contributed by atoms with Crippen LogP contribution in [-0.2, 0) is 14.3 Å². The Bertz CT molecular complexity index is 541. The van der Waals surface area contributed by atoms with E-state index in [1.165, 1.54) is 17.8 Å². The minimum absolute atomic E-state index is 0.00381. The van der Waals surface area contributed by atoms with Gasteiger partial charge in [-0.1, -0.05) is 25.8 Å². The maximum atomic E-state index is 11.8. The van der Waals surface area contributed by atoms with E-state index in [9.17, 15) is 14.4 Å². The molecular formula is C17H23NO4S. The summed E-state index contributed by atoms with van der Waals surface area (Å²) in [6, 6.07) is 3.71. The summed E-state index contributed by atoms with van der Waals surface area (Å²) in [6.45, 7) is 1.86. The van der Waals surface area contributed by atoms with Crippen molar-refractivity contribution in [3.8, 4) is 0 Å². The molecule has 23 heavy (non-hydrogen) atoms. The summed E-state index contributed by atoms with van der Waals surface area (Å²) in [5.41, 5.74) is 0. The maximum absolute atomic E-state index is 11.8. The molecule has 1 N–H and O–H groups in total. The Balaban J connectivity index is 1.63. The van der Waals surface area contributed by atoms with Crippen molar-refractivity contribution in [1.82, 2.24) is 5.32 Å². The van der Waals surface area contributed by atoms with Crippen LogP contribution in [0.4, 0.5) is 0 Å². The van der Waals surface area contributed by atoms with Crippen LogP contribution in [0.25, 0.3) is 0 Å². The molecule has 0 aromatic carbocycles. The lowest BCUT2D eigenvalue weighted by Crippen LogP contribution is -2.42. The van der Waals surface area contributed by atoms with E-state index in [0.717, 1.165) is 19.3 Å². The van der Waals surface area contributed by atoms with Crippen molar-refractivity contribution in [3.63, 3.8) is 0 Å². The Morgan fingerprint density at radius 2 is 2.04 bits per heavy atom. The molecule has 0 bridgehead atoms.